The van der Waals surface area contributed by atoms with E-state index in [1.54, 1.807) is 57.2 Å². The molecule has 1 aliphatic carbocycles. The molecule has 0 bridgehead atoms. The number of anilines is 1. The SMILES string of the molecule is Cc1ccc(N2C(=O)C(NC(=O)c3ccccc3C)(C(F)(F)F)C3=C2CC(C)(C)CC3=O)cc1. The number of carbonyl (C=O) groups is 3. The molecule has 0 spiro atoms. The molecule has 0 saturated carbocycles. The number of allylic oxidation sites excluding steroid dienone is 1. The van der Waals surface area contributed by atoms with Crippen LogP contribution >= 0.6 is 0 Å². The molecule has 5 nitrogen and oxygen atoms in total. The molecule has 1 N–H and O–H groups in total. The van der Waals surface area contributed by atoms with Crippen LogP contribution in [0, 0.1) is 19.3 Å². The Morgan fingerprint density at radius 3 is 2.18 bits per heavy atom. The number of benzene rings is 2. The molecule has 0 aromatic heterocycles. The molecule has 2 aromatic rings. The van der Waals surface area contributed by atoms with Crippen LogP contribution in [0.3, 0.4) is 0 Å². The van der Waals surface area contributed by atoms with E-state index < -0.39 is 40.3 Å². The van der Waals surface area contributed by atoms with E-state index in [9.17, 15) is 27.6 Å². The van der Waals surface area contributed by atoms with E-state index in [0.717, 1.165) is 10.5 Å². The van der Waals surface area contributed by atoms with Crippen molar-refractivity contribution in [1.29, 1.82) is 0 Å². The summed E-state index contributed by atoms with van der Waals surface area (Å²) >= 11 is 0. The molecule has 4 rings (SSSR count). The van der Waals surface area contributed by atoms with Crippen LogP contribution in [-0.2, 0) is 9.59 Å². The lowest BCUT2D eigenvalue weighted by atomic mass is 9.72. The Morgan fingerprint density at radius 2 is 1.59 bits per heavy atom. The summed E-state index contributed by atoms with van der Waals surface area (Å²) in [5.41, 5.74) is -3.31. The number of rotatable bonds is 3. The van der Waals surface area contributed by atoms with Crippen LogP contribution in [-0.4, -0.2) is 29.3 Å². The van der Waals surface area contributed by atoms with Crippen molar-refractivity contribution in [3.63, 3.8) is 0 Å². The number of alkyl halides is 3. The summed E-state index contributed by atoms with van der Waals surface area (Å²) in [6.45, 7) is 6.94. The maximum Gasteiger partial charge on any atom is 0.425 e. The molecule has 0 radical (unpaired) electrons. The summed E-state index contributed by atoms with van der Waals surface area (Å²) in [4.78, 5) is 41.0. The third kappa shape index (κ3) is 3.61. The van der Waals surface area contributed by atoms with Gasteiger partial charge in [0, 0.05) is 23.4 Å². The number of carbonyl (C=O) groups excluding carboxylic acids is 3. The van der Waals surface area contributed by atoms with E-state index in [2.05, 4.69) is 0 Å². The molecule has 1 heterocycles. The van der Waals surface area contributed by atoms with Crippen LogP contribution in [0.5, 0.6) is 0 Å². The largest absolute Gasteiger partial charge is 0.425 e. The molecular weight excluding hydrogens is 445 g/mol. The molecule has 0 fully saturated rings. The summed E-state index contributed by atoms with van der Waals surface area (Å²) in [6, 6.07) is 12.6. The van der Waals surface area contributed by atoms with E-state index in [-0.39, 0.29) is 29.8 Å². The molecule has 1 aliphatic heterocycles. The number of ketones is 1. The predicted molar refractivity (Wildman–Crippen MR) is 121 cm³/mol. The minimum Gasteiger partial charge on any atom is -0.326 e. The number of Topliss-reactive ketones (excluding diaryl/α,β-unsaturated/α-hetero) is 1. The van der Waals surface area contributed by atoms with E-state index >= 15 is 0 Å². The monoisotopic (exact) mass is 470 g/mol. The third-order valence-electron chi connectivity index (χ3n) is 6.43. The smallest absolute Gasteiger partial charge is 0.326 e. The van der Waals surface area contributed by atoms with Crippen LogP contribution in [0.2, 0.25) is 0 Å². The summed E-state index contributed by atoms with van der Waals surface area (Å²) < 4.78 is 44.7. The zero-order valence-electron chi connectivity index (χ0n) is 19.3. The Kier molecular flexibility index (Phi) is 5.46. The summed E-state index contributed by atoms with van der Waals surface area (Å²) in [5, 5.41) is 1.97. The van der Waals surface area contributed by atoms with Gasteiger partial charge in [0.05, 0.1) is 5.57 Å². The first kappa shape index (κ1) is 23.7. The highest BCUT2D eigenvalue weighted by molar-refractivity contribution is 6.21. The van der Waals surface area contributed by atoms with Gasteiger partial charge >= 0.3 is 6.18 Å². The average Bonchev–Trinajstić information content (AvgIpc) is 2.96. The normalized spacial score (nSPS) is 22.1. The average molecular weight is 470 g/mol. The molecule has 8 heteroatoms. The van der Waals surface area contributed by atoms with Crippen LogP contribution in [0.1, 0.15) is 48.2 Å². The second-order valence-corrected chi connectivity index (χ2v) is 9.76. The van der Waals surface area contributed by atoms with Gasteiger partial charge in [-0.3, -0.25) is 19.3 Å². The molecule has 2 aliphatic rings. The highest BCUT2D eigenvalue weighted by atomic mass is 19.4. The Labute approximate surface area is 195 Å². The zero-order valence-corrected chi connectivity index (χ0v) is 19.3. The molecule has 0 saturated heterocycles. The van der Waals surface area contributed by atoms with Crippen molar-refractivity contribution in [2.24, 2.45) is 5.41 Å². The quantitative estimate of drug-likeness (QED) is 0.685. The number of nitrogens with one attached hydrogen (secondary N) is 1. The maximum atomic E-state index is 14.9. The molecule has 34 heavy (non-hydrogen) atoms. The van der Waals surface area contributed by atoms with Gasteiger partial charge in [-0.15, -0.1) is 0 Å². The van der Waals surface area contributed by atoms with Crippen LogP contribution in [0.4, 0.5) is 18.9 Å². The van der Waals surface area contributed by atoms with Crippen molar-refractivity contribution in [2.45, 2.75) is 52.3 Å². The van der Waals surface area contributed by atoms with E-state index in [1.807, 2.05) is 12.2 Å². The lowest BCUT2D eigenvalue weighted by Gasteiger charge is -2.35. The van der Waals surface area contributed by atoms with Gasteiger partial charge in [0.25, 0.3) is 11.8 Å². The second-order valence-electron chi connectivity index (χ2n) is 9.76. The van der Waals surface area contributed by atoms with Crippen molar-refractivity contribution in [1.82, 2.24) is 5.32 Å². The Balaban J connectivity index is 1.95. The Hall–Kier alpha value is -3.42. The molecule has 1 atom stereocenters. The molecule has 2 aromatic carbocycles. The van der Waals surface area contributed by atoms with Gasteiger partial charge in [0.15, 0.2) is 5.78 Å². The fraction of sp³-hybridized carbons (Fsp3) is 0.346. The van der Waals surface area contributed by atoms with Gasteiger partial charge in [0.2, 0.25) is 5.54 Å². The van der Waals surface area contributed by atoms with Crippen molar-refractivity contribution in [2.75, 3.05) is 4.90 Å². The van der Waals surface area contributed by atoms with Crippen LogP contribution in [0.25, 0.3) is 0 Å². The zero-order chi connectivity index (χ0) is 25.1. The van der Waals surface area contributed by atoms with Gasteiger partial charge in [-0.25, -0.2) is 0 Å². The lowest BCUT2D eigenvalue weighted by molar-refractivity contribution is -0.186. The van der Waals surface area contributed by atoms with Crippen molar-refractivity contribution in [3.05, 3.63) is 76.5 Å². The van der Waals surface area contributed by atoms with Gasteiger partial charge in [-0.2, -0.15) is 13.2 Å². The minimum atomic E-state index is -5.25. The lowest BCUT2D eigenvalue weighted by Crippen LogP contribution is -2.66. The highest BCUT2D eigenvalue weighted by Gasteiger charge is 2.72. The molecule has 1 unspecified atom stereocenters. The van der Waals surface area contributed by atoms with E-state index in [4.69, 9.17) is 0 Å². The van der Waals surface area contributed by atoms with Crippen molar-refractivity contribution in [3.8, 4) is 0 Å². The second kappa shape index (κ2) is 7.82. The van der Waals surface area contributed by atoms with Gasteiger partial charge < -0.3 is 5.32 Å². The highest BCUT2D eigenvalue weighted by Crippen LogP contribution is 2.52. The first-order chi connectivity index (χ1) is 15.8. The van der Waals surface area contributed by atoms with E-state index in [1.165, 1.54) is 12.1 Å². The number of amides is 2. The third-order valence-corrected chi connectivity index (χ3v) is 6.43. The number of halogens is 3. The van der Waals surface area contributed by atoms with Crippen LogP contribution in [0.15, 0.2) is 59.8 Å². The van der Waals surface area contributed by atoms with Gasteiger partial charge in [0.1, 0.15) is 0 Å². The number of nitrogens with zero attached hydrogens (tertiary/aromatic N) is 1. The first-order valence-corrected chi connectivity index (χ1v) is 10.9. The van der Waals surface area contributed by atoms with Gasteiger partial charge in [-0.1, -0.05) is 49.7 Å². The molecule has 178 valence electrons. The predicted octanol–water partition coefficient (Wildman–Crippen LogP) is 5.02. The number of aryl methyl sites for hydroxylation is 2. The topological polar surface area (TPSA) is 66.5 Å². The summed E-state index contributed by atoms with van der Waals surface area (Å²) in [5.74, 6) is -3.27. The first-order valence-electron chi connectivity index (χ1n) is 10.9. The van der Waals surface area contributed by atoms with E-state index in [0.29, 0.717) is 5.56 Å². The van der Waals surface area contributed by atoms with Crippen molar-refractivity contribution >= 4 is 23.3 Å². The maximum absolute atomic E-state index is 14.9. The summed E-state index contributed by atoms with van der Waals surface area (Å²) in [6.07, 6.45) is -5.34. The Bertz CT molecular complexity index is 1230. The minimum absolute atomic E-state index is 0.00144. The molecular formula is C26H25F3N2O3. The molecule has 2 amide bonds. The van der Waals surface area contributed by atoms with Crippen molar-refractivity contribution < 1.29 is 27.6 Å². The Morgan fingerprint density at radius 1 is 0.971 bits per heavy atom. The number of hydrogen-bond donors (Lipinski definition) is 1. The number of hydrogen-bond acceptors (Lipinski definition) is 3. The fourth-order valence-electron chi connectivity index (χ4n) is 4.78. The fourth-order valence-corrected chi connectivity index (χ4v) is 4.78. The standard InChI is InChI=1S/C26H25F3N2O3/c1-15-9-11-17(12-10-15)31-19-13-24(3,4)14-20(32)21(19)25(23(31)34,26(27,28)29)30-22(33)18-8-6-5-7-16(18)2/h5-12H,13-14H2,1-4H3,(H,30,33). The summed E-state index contributed by atoms with van der Waals surface area (Å²) in [7, 11) is 0. The van der Waals surface area contributed by atoms with Gasteiger partial charge in [-0.05, 0) is 49.4 Å². The van der Waals surface area contributed by atoms with Crippen LogP contribution < -0.4 is 10.2 Å².